The number of ether oxygens (including phenoxy) is 1. The van der Waals surface area contributed by atoms with Crippen LogP contribution in [0.15, 0.2) is 24.3 Å². The molecule has 1 saturated carbocycles. The van der Waals surface area contributed by atoms with Crippen LogP contribution < -0.4 is 5.73 Å². The zero-order valence-corrected chi connectivity index (χ0v) is 14.0. The Balaban J connectivity index is 2.38. The standard InChI is InChI=1S/C15H22ClNO3S/c1-3-20-10-15(9-17)13(14(15)21(18,19)4-2)11-5-7-12(16)8-6-11/h5-8,13-14H,3-4,9-10,17H2,1-2H3/t13-,14-,15+/m0/s1. The van der Waals surface area contributed by atoms with Crippen LogP contribution >= 0.6 is 11.6 Å². The second-order valence-corrected chi connectivity index (χ2v) is 8.32. The maximum absolute atomic E-state index is 12.4. The molecule has 0 bridgehead atoms. The van der Waals surface area contributed by atoms with Crippen molar-refractivity contribution in [3.63, 3.8) is 0 Å². The van der Waals surface area contributed by atoms with E-state index < -0.39 is 20.5 Å². The number of benzene rings is 1. The average Bonchev–Trinajstić information content (AvgIpc) is 3.16. The summed E-state index contributed by atoms with van der Waals surface area (Å²) in [7, 11) is -3.18. The van der Waals surface area contributed by atoms with Gasteiger partial charge in [-0.05, 0) is 24.6 Å². The Morgan fingerprint density at radius 3 is 2.38 bits per heavy atom. The Hall–Kier alpha value is -0.620. The van der Waals surface area contributed by atoms with Gasteiger partial charge in [0, 0.05) is 35.3 Å². The Morgan fingerprint density at radius 1 is 1.29 bits per heavy atom. The third kappa shape index (κ3) is 2.97. The van der Waals surface area contributed by atoms with Crippen molar-refractivity contribution in [1.82, 2.24) is 0 Å². The zero-order chi connectivity index (χ0) is 15.7. The van der Waals surface area contributed by atoms with Crippen LogP contribution in [0.1, 0.15) is 25.3 Å². The van der Waals surface area contributed by atoms with Crippen LogP contribution in [-0.4, -0.2) is 39.2 Å². The smallest absolute Gasteiger partial charge is 0.154 e. The minimum atomic E-state index is -3.18. The van der Waals surface area contributed by atoms with Gasteiger partial charge in [0.05, 0.1) is 11.9 Å². The van der Waals surface area contributed by atoms with E-state index in [0.29, 0.717) is 24.8 Å². The number of rotatable bonds is 7. The molecule has 0 aromatic heterocycles. The van der Waals surface area contributed by atoms with Crippen molar-refractivity contribution in [2.24, 2.45) is 11.1 Å². The highest BCUT2D eigenvalue weighted by Gasteiger charge is 2.69. The molecular weight excluding hydrogens is 310 g/mol. The molecule has 1 aliphatic rings. The van der Waals surface area contributed by atoms with E-state index in [1.165, 1.54) is 0 Å². The summed E-state index contributed by atoms with van der Waals surface area (Å²) in [6.07, 6.45) is 0. The molecule has 0 amide bonds. The molecule has 1 aromatic rings. The molecule has 1 aromatic carbocycles. The van der Waals surface area contributed by atoms with Crippen molar-refractivity contribution in [1.29, 1.82) is 0 Å². The van der Waals surface area contributed by atoms with Gasteiger partial charge in [0.15, 0.2) is 9.84 Å². The highest BCUT2D eigenvalue weighted by Crippen LogP contribution is 2.62. The molecule has 21 heavy (non-hydrogen) atoms. The van der Waals surface area contributed by atoms with E-state index in [2.05, 4.69) is 0 Å². The minimum Gasteiger partial charge on any atom is -0.381 e. The Labute approximate surface area is 131 Å². The number of hydrogen-bond donors (Lipinski definition) is 1. The van der Waals surface area contributed by atoms with Crippen LogP contribution in [0.4, 0.5) is 0 Å². The van der Waals surface area contributed by atoms with E-state index in [9.17, 15) is 8.42 Å². The van der Waals surface area contributed by atoms with E-state index in [1.807, 2.05) is 19.1 Å². The summed E-state index contributed by atoms with van der Waals surface area (Å²) in [6, 6.07) is 7.34. The van der Waals surface area contributed by atoms with Gasteiger partial charge in [-0.3, -0.25) is 0 Å². The third-order valence-corrected chi connectivity index (χ3v) is 6.93. The van der Waals surface area contributed by atoms with Gasteiger partial charge in [0.2, 0.25) is 0 Å². The van der Waals surface area contributed by atoms with E-state index in [1.54, 1.807) is 19.1 Å². The zero-order valence-electron chi connectivity index (χ0n) is 12.4. The largest absolute Gasteiger partial charge is 0.381 e. The highest BCUT2D eigenvalue weighted by atomic mass is 35.5. The molecule has 6 heteroatoms. The molecular formula is C15H22ClNO3S. The van der Waals surface area contributed by atoms with Crippen LogP contribution in [-0.2, 0) is 14.6 Å². The molecule has 0 unspecified atom stereocenters. The first-order valence-electron chi connectivity index (χ1n) is 7.17. The summed E-state index contributed by atoms with van der Waals surface area (Å²) in [6.45, 7) is 4.79. The van der Waals surface area contributed by atoms with Crippen LogP contribution in [0.3, 0.4) is 0 Å². The lowest BCUT2D eigenvalue weighted by Gasteiger charge is -2.15. The van der Waals surface area contributed by atoms with Crippen LogP contribution in [0.25, 0.3) is 0 Å². The van der Waals surface area contributed by atoms with Gasteiger partial charge in [-0.25, -0.2) is 8.42 Å². The number of halogens is 1. The summed E-state index contributed by atoms with van der Waals surface area (Å²) in [5.74, 6) is 0.00610. The van der Waals surface area contributed by atoms with E-state index in [-0.39, 0.29) is 11.7 Å². The van der Waals surface area contributed by atoms with Crippen molar-refractivity contribution in [3.8, 4) is 0 Å². The van der Waals surface area contributed by atoms with Gasteiger partial charge in [0.25, 0.3) is 0 Å². The van der Waals surface area contributed by atoms with Crippen molar-refractivity contribution in [2.75, 3.05) is 25.5 Å². The van der Waals surface area contributed by atoms with Crippen molar-refractivity contribution >= 4 is 21.4 Å². The molecule has 0 heterocycles. The van der Waals surface area contributed by atoms with Gasteiger partial charge in [-0.1, -0.05) is 30.7 Å². The molecule has 2 N–H and O–H groups in total. The topological polar surface area (TPSA) is 69.4 Å². The van der Waals surface area contributed by atoms with Gasteiger partial charge in [0.1, 0.15) is 0 Å². The minimum absolute atomic E-state index is 0.115. The number of hydrogen-bond acceptors (Lipinski definition) is 4. The van der Waals surface area contributed by atoms with Crippen LogP contribution in [0.5, 0.6) is 0 Å². The summed E-state index contributed by atoms with van der Waals surface area (Å²) in [5, 5.41) is 0.171. The highest BCUT2D eigenvalue weighted by molar-refractivity contribution is 7.92. The summed E-state index contributed by atoms with van der Waals surface area (Å²) in [4.78, 5) is 0. The second-order valence-electron chi connectivity index (χ2n) is 5.48. The molecule has 3 atom stereocenters. The summed E-state index contributed by atoms with van der Waals surface area (Å²) < 4.78 is 30.4. The molecule has 0 aliphatic heterocycles. The molecule has 0 radical (unpaired) electrons. The molecule has 0 spiro atoms. The molecule has 1 aliphatic carbocycles. The maximum Gasteiger partial charge on any atom is 0.154 e. The predicted molar refractivity (Wildman–Crippen MR) is 85.4 cm³/mol. The molecule has 4 nitrogen and oxygen atoms in total. The maximum atomic E-state index is 12.4. The van der Waals surface area contributed by atoms with E-state index >= 15 is 0 Å². The molecule has 0 saturated heterocycles. The molecule has 118 valence electrons. The second kappa shape index (κ2) is 6.24. The normalized spacial score (nSPS) is 28.6. The van der Waals surface area contributed by atoms with Crippen molar-refractivity contribution in [2.45, 2.75) is 25.0 Å². The first-order valence-corrected chi connectivity index (χ1v) is 9.27. The first kappa shape index (κ1) is 16.7. The summed E-state index contributed by atoms with van der Waals surface area (Å²) in [5.41, 5.74) is 6.39. The van der Waals surface area contributed by atoms with Gasteiger partial charge >= 0.3 is 0 Å². The SMILES string of the molecule is CCOC[C@]1(CN)[C@@H](c2ccc(Cl)cc2)[C@@H]1S(=O)(=O)CC. The van der Waals surface area contributed by atoms with Crippen LogP contribution in [0, 0.1) is 5.41 Å². The summed E-state index contributed by atoms with van der Waals surface area (Å²) >= 11 is 5.91. The van der Waals surface area contributed by atoms with Crippen LogP contribution in [0.2, 0.25) is 5.02 Å². The monoisotopic (exact) mass is 331 g/mol. The third-order valence-electron chi connectivity index (χ3n) is 4.35. The van der Waals surface area contributed by atoms with Crippen molar-refractivity contribution in [3.05, 3.63) is 34.9 Å². The van der Waals surface area contributed by atoms with Crippen molar-refractivity contribution < 1.29 is 13.2 Å². The van der Waals surface area contributed by atoms with Gasteiger partial charge < -0.3 is 10.5 Å². The Bertz CT molecular complexity index is 587. The first-order chi connectivity index (χ1) is 9.93. The number of sulfone groups is 1. The predicted octanol–water partition coefficient (Wildman–Crippen LogP) is 2.22. The fourth-order valence-electron chi connectivity index (χ4n) is 3.14. The average molecular weight is 332 g/mol. The lowest BCUT2D eigenvalue weighted by Crippen LogP contribution is -2.29. The molecule has 1 fully saturated rings. The van der Waals surface area contributed by atoms with E-state index in [4.69, 9.17) is 22.1 Å². The lowest BCUT2D eigenvalue weighted by molar-refractivity contribution is 0.101. The van der Waals surface area contributed by atoms with Gasteiger partial charge in [-0.2, -0.15) is 0 Å². The van der Waals surface area contributed by atoms with E-state index in [0.717, 1.165) is 5.56 Å². The lowest BCUT2D eigenvalue weighted by atomic mass is 10.00. The van der Waals surface area contributed by atoms with Gasteiger partial charge in [-0.15, -0.1) is 0 Å². The fourth-order valence-corrected chi connectivity index (χ4v) is 5.42. The molecule has 2 rings (SSSR count). The Morgan fingerprint density at radius 2 is 1.90 bits per heavy atom. The quantitative estimate of drug-likeness (QED) is 0.831. The Kier molecular flexibility index (Phi) is 4.98. The fraction of sp³-hybridized carbons (Fsp3) is 0.600. The number of nitrogens with two attached hydrogens (primary N) is 1.